The highest BCUT2D eigenvalue weighted by Crippen LogP contribution is 2.09. The topological polar surface area (TPSA) is 82.2 Å². The second kappa shape index (κ2) is 5.11. The van der Waals surface area contributed by atoms with Crippen LogP contribution in [0.3, 0.4) is 0 Å². The fraction of sp³-hybridized carbons (Fsp3) is 0.200. The van der Waals surface area contributed by atoms with Crippen LogP contribution in [0.2, 0.25) is 0 Å². The van der Waals surface area contributed by atoms with Gasteiger partial charge in [0.05, 0.1) is 6.54 Å². The van der Waals surface area contributed by atoms with Crippen molar-refractivity contribution >= 4 is 17.6 Å². The van der Waals surface area contributed by atoms with Crippen LogP contribution in [0.15, 0.2) is 24.3 Å². The average Bonchev–Trinajstić information content (AvgIpc) is 2.16. The molecule has 1 aromatic carbocycles. The fourth-order valence-electron chi connectivity index (χ4n) is 1.11. The van der Waals surface area contributed by atoms with E-state index in [1.54, 1.807) is 6.07 Å². The number of hydrogen-bond acceptors (Lipinski definition) is 2. The van der Waals surface area contributed by atoms with Crippen LogP contribution in [0.25, 0.3) is 0 Å². The molecule has 0 heterocycles. The Morgan fingerprint density at radius 3 is 2.88 bits per heavy atom. The lowest BCUT2D eigenvalue weighted by molar-refractivity contribution is 0.227. The van der Waals surface area contributed by atoms with Crippen molar-refractivity contribution in [1.82, 2.24) is 4.90 Å². The van der Waals surface area contributed by atoms with Crippen LogP contribution in [0, 0.1) is 11.2 Å². The van der Waals surface area contributed by atoms with Crippen LogP contribution in [0.5, 0.6) is 0 Å². The number of hydrogen-bond donors (Lipinski definition) is 3. The number of halogens is 1. The Labute approximate surface area is 92.6 Å². The van der Waals surface area contributed by atoms with Crippen molar-refractivity contribution in [3.63, 3.8) is 0 Å². The monoisotopic (exact) mass is 224 g/mol. The summed E-state index contributed by atoms with van der Waals surface area (Å²) in [5.41, 5.74) is 5.51. The van der Waals surface area contributed by atoms with Gasteiger partial charge in [0.2, 0.25) is 0 Å². The van der Waals surface area contributed by atoms with Crippen LogP contribution < -0.4 is 11.1 Å². The summed E-state index contributed by atoms with van der Waals surface area (Å²) in [5, 5.41) is 9.51. The number of nitrogens with zero attached hydrogens (tertiary/aromatic N) is 1. The number of amides is 2. The molecule has 0 spiro atoms. The first kappa shape index (κ1) is 12.0. The lowest BCUT2D eigenvalue weighted by Crippen LogP contribution is -2.37. The van der Waals surface area contributed by atoms with Crippen molar-refractivity contribution in [2.45, 2.75) is 0 Å². The maximum absolute atomic E-state index is 12.8. The van der Waals surface area contributed by atoms with E-state index in [0.29, 0.717) is 5.69 Å². The minimum atomic E-state index is -0.444. The number of carbonyl (C=O) groups excluding carboxylic acids is 1. The molecule has 0 aliphatic heterocycles. The van der Waals surface area contributed by atoms with E-state index >= 15 is 0 Å². The van der Waals surface area contributed by atoms with Gasteiger partial charge >= 0.3 is 6.03 Å². The Kier molecular flexibility index (Phi) is 3.82. The lowest BCUT2D eigenvalue weighted by Gasteiger charge is -2.16. The van der Waals surface area contributed by atoms with Gasteiger partial charge in [0, 0.05) is 12.7 Å². The molecule has 0 saturated heterocycles. The van der Waals surface area contributed by atoms with Gasteiger partial charge in [-0.1, -0.05) is 6.07 Å². The predicted molar refractivity (Wildman–Crippen MR) is 60.0 cm³/mol. The molecule has 0 bridgehead atoms. The number of nitrogens with two attached hydrogens (primary N) is 1. The summed E-state index contributed by atoms with van der Waals surface area (Å²) in [6.07, 6.45) is 0. The number of carbonyl (C=O) groups is 1. The van der Waals surface area contributed by atoms with Crippen LogP contribution in [0.4, 0.5) is 14.9 Å². The zero-order chi connectivity index (χ0) is 12.1. The Morgan fingerprint density at radius 2 is 2.31 bits per heavy atom. The Bertz CT molecular complexity index is 408. The number of anilines is 1. The van der Waals surface area contributed by atoms with E-state index in [2.05, 4.69) is 5.32 Å². The van der Waals surface area contributed by atoms with Gasteiger partial charge in [-0.15, -0.1) is 0 Å². The maximum Gasteiger partial charge on any atom is 0.321 e. The normalized spacial score (nSPS) is 9.62. The number of rotatable bonds is 3. The van der Waals surface area contributed by atoms with E-state index in [-0.39, 0.29) is 12.4 Å². The standard InChI is InChI=1S/C10H13FN4O/c1-15(6-9(12)13)10(16)14-8-4-2-3-7(11)5-8/h2-5H,6H2,1H3,(H3,12,13)(H,14,16). The number of benzene rings is 1. The molecule has 0 saturated carbocycles. The second-order valence-electron chi connectivity index (χ2n) is 3.32. The molecule has 0 fully saturated rings. The molecule has 2 amide bonds. The van der Waals surface area contributed by atoms with Crippen molar-refractivity contribution in [2.75, 3.05) is 18.9 Å². The van der Waals surface area contributed by atoms with Crippen molar-refractivity contribution in [3.05, 3.63) is 30.1 Å². The van der Waals surface area contributed by atoms with Crippen molar-refractivity contribution in [2.24, 2.45) is 5.73 Å². The van der Waals surface area contributed by atoms with Gasteiger partial charge in [0.1, 0.15) is 11.7 Å². The van der Waals surface area contributed by atoms with Crippen molar-refractivity contribution < 1.29 is 9.18 Å². The zero-order valence-electron chi connectivity index (χ0n) is 8.83. The molecule has 1 rings (SSSR count). The number of nitrogens with one attached hydrogen (secondary N) is 2. The smallest absolute Gasteiger partial charge is 0.321 e. The third-order valence-corrected chi connectivity index (χ3v) is 1.83. The molecular weight excluding hydrogens is 211 g/mol. The van der Waals surface area contributed by atoms with Crippen LogP contribution in [-0.2, 0) is 0 Å². The van der Waals surface area contributed by atoms with Gasteiger partial charge in [-0.05, 0) is 18.2 Å². The highest BCUT2D eigenvalue weighted by atomic mass is 19.1. The highest BCUT2D eigenvalue weighted by Gasteiger charge is 2.09. The molecule has 0 aliphatic carbocycles. The summed E-state index contributed by atoms with van der Waals surface area (Å²) in [7, 11) is 1.50. The first-order valence-electron chi connectivity index (χ1n) is 4.59. The fourth-order valence-corrected chi connectivity index (χ4v) is 1.11. The molecule has 6 heteroatoms. The molecule has 86 valence electrons. The molecule has 0 atom stereocenters. The summed E-state index contributed by atoms with van der Waals surface area (Å²) in [4.78, 5) is 12.7. The quantitative estimate of drug-likeness (QED) is 0.533. The van der Waals surface area contributed by atoms with E-state index in [1.165, 1.54) is 30.1 Å². The summed E-state index contributed by atoms with van der Waals surface area (Å²) in [5.74, 6) is -0.538. The van der Waals surface area contributed by atoms with E-state index in [9.17, 15) is 9.18 Å². The van der Waals surface area contributed by atoms with E-state index < -0.39 is 11.8 Å². The highest BCUT2D eigenvalue weighted by molar-refractivity contribution is 5.92. The van der Waals surface area contributed by atoms with Crippen molar-refractivity contribution in [1.29, 1.82) is 5.41 Å². The van der Waals surface area contributed by atoms with Crippen molar-refractivity contribution in [3.8, 4) is 0 Å². The average molecular weight is 224 g/mol. The van der Waals surface area contributed by atoms with E-state index in [0.717, 1.165) is 0 Å². The summed E-state index contributed by atoms with van der Waals surface area (Å²) in [6, 6.07) is 5.12. The van der Waals surface area contributed by atoms with E-state index in [4.69, 9.17) is 11.1 Å². The summed E-state index contributed by atoms with van der Waals surface area (Å²) in [6.45, 7) is 0.0289. The zero-order valence-corrected chi connectivity index (χ0v) is 8.83. The number of amidine groups is 1. The lowest BCUT2D eigenvalue weighted by atomic mass is 10.3. The molecule has 0 aliphatic rings. The van der Waals surface area contributed by atoms with Gasteiger partial charge in [-0.2, -0.15) is 0 Å². The van der Waals surface area contributed by atoms with E-state index in [1.807, 2.05) is 0 Å². The Balaban J connectivity index is 2.60. The molecule has 4 N–H and O–H groups in total. The molecule has 0 radical (unpaired) electrons. The first-order valence-corrected chi connectivity index (χ1v) is 4.59. The number of likely N-dealkylation sites (N-methyl/N-ethyl adjacent to an activating group) is 1. The van der Waals surface area contributed by atoms with Gasteiger partial charge in [0.15, 0.2) is 0 Å². The van der Waals surface area contributed by atoms with Gasteiger partial charge in [-0.3, -0.25) is 5.41 Å². The van der Waals surface area contributed by atoms with Crippen LogP contribution in [0.1, 0.15) is 0 Å². The molecule has 5 nitrogen and oxygen atoms in total. The first-order chi connectivity index (χ1) is 7.49. The third-order valence-electron chi connectivity index (χ3n) is 1.83. The Hall–Kier alpha value is -2.11. The minimum Gasteiger partial charge on any atom is -0.386 e. The molecule has 1 aromatic rings. The Morgan fingerprint density at radius 1 is 1.62 bits per heavy atom. The molecule has 0 aromatic heterocycles. The largest absolute Gasteiger partial charge is 0.386 e. The molecule has 0 unspecified atom stereocenters. The second-order valence-corrected chi connectivity index (χ2v) is 3.32. The predicted octanol–water partition coefficient (Wildman–Crippen LogP) is 1.23. The molecular formula is C10H13FN4O. The minimum absolute atomic E-state index is 0.0289. The van der Waals surface area contributed by atoms with Gasteiger partial charge in [0.25, 0.3) is 0 Å². The molecule has 16 heavy (non-hydrogen) atoms. The number of urea groups is 1. The summed E-state index contributed by atoms with van der Waals surface area (Å²) < 4.78 is 12.8. The van der Waals surface area contributed by atoms with Gasteiger partial charge in [-0.25, -0.2) is 9.18 Å². The third kappa shape index (κ3) is 3.56. The van der Waals surface area contributed by atoms with Crippen LogP contribution in [-0.4, -0.2) is 30.4 Å². The maximum atomic E-state index is 12.8. The summed E-state index contributed by atoms with van der Waals surface area (Å²) >= 11 is 0. The van der Waals surface area contributed by atoms with Gasteiger partial charge < -0.3 is 16.0 Å². The SMILES string of the molecule is CN(CC(=N)N)C(=O)Nc1cccc(F)c1. The van der Waals surface area contributed by atoms with Crippen LogP contribution >= 0.6 is 0 Å².